The number of nitrogens with one attached hydrogen (secondary N) is 2. The van der Waals surface area contributed by atoms with Gasteiger partial charge in [0.25, 0.3) is 0 Å². The van der Waals surface area contributed by atoms with Gasteiger partial charge in [-0.05, 0) is 36.5 Å². The van der Waals surface area contributed by atoms with Crippen molar-refractivity contribution in [3.63, 3.8) is 0 Å². The third-order valence-electron chi connectivity index (χ3n) is 3.11. The first-order valence-electron chi connectivity index (χ1n) is 6.01. The molecule has 2 N–H and O–H groups in total. The van der Waals surface area contributed by atoms with E-state index in [1.165, 1.54) is 17.7 Å². The smallest absolute Gasteiger partial charge is 0.166 e. The van der Waals surface area contributed by atoms with E-state index in [0.717, 1.165) is 24.7 Å². The van der Waals surface area contributed by atoms with Gasteiger partial charge in [-0.15, -0.1) is 11.3 Å². The normalized spacial score (nSPS) is 17.9. The van der Waals surface area contributed by atoms with Crippen molar-refractivity contribution in [2.75, 3.05) is 20.1 Å². The Morgan fingerprint density at radius 3 is 2.88 bits per heavy atom. The molecule has 3 nitrogen and oxygen atoms in total. The predicted molar refractivity (Wildman–Crippen MR) is 77.4 cm³/mol. The Balaban J connectivity index is 1.72. The monoisotopic (exact) mass is 269 g/mol. The summed E-state index contributed by atoms with van der Waals surface area (Å²) in [5.74, 6) is 0. The number of thiophene rings is 1. The second-order valence-electron chi connectivity index (χ2n) is 4.35. The molecule has 1 fully saturated rings. The van der Waals surface area contributed by atoms with Crippen LogP contribution >= 0.6 is 23.6 Å². The van der Waals surface area contributed by atoms with Gasteiger partial charge >= 0.3 is 0 Å². The Kier molecular flexibility index (Phi) is 4.76. The molecule has 5 heteroatoms. The third kappa shape index (κ3) is 3.94. The number of nitrogens with zero attached hydrogens (tertiary/aromatic N) is 1. The molecule has 1 aromatic rings. The summed E-state index contributed by atoms with van der Waals surface area (Å²) in [4.78, 5) is 3.98. The lowest BCUT2D eigenvalue weighted by molar-refractivity contribution is 0.200. The van der Waals surface area contributed by atoms with Gasteiger partial charge in [0.05, 0.1) is 0 Å². The fraction of sp³-hybridized carbons (Fsp3) is 0.583. The van der Waals surface area contributed by atoms with Gasteiger partial charge in [0.1, 0.15) is 0 Å². The lowest BCUT2D eigenvalue weighted by Gasteiger charge is -2.32. The molecule has 0 atom stereocenters. The molecule has 0 aromatic carbocycles. The molecular weight excluding hydrogens is 250 g/mol. The van der Waals surface area contributed by atoms with Crippen LogP contribution < -0.4 is 10.6 Å². The van der Waals surface area contributed by atoms with E-state index in [2.05, 4.69) is 33.0 Å². The Hall–Kier alpha value is -0.650. The van der Waals surface area contributed by atoms with Crippen LogP contribution in [0, 0.1) is 0 Å². The summed E-state index contributed by atoms with van der Waals surface area (Å²) in [5, 5.41) is 9.23. The molecule has 0 unspecified atom stereocenters. The molecule has 1 aliphatic heterocycles. The third-order valence-corrected chi connectivity index (χ3v) is 4.29. The molecule has 0 saturated carbocycles. The van der Waals surface area contributed by atoms with Crippen LogP contribution in [-0.4, -0.2) is 36.2 Å². The van der Waals surface area contributed by atoms with E-state index in [-0.39, 0.29) is 0 Å². The summed E-state index contributed by atoms with van der Waals surface area (Å²) < 4.78 is 0. The van der Waals surface area contributed by atoms with Gasteiger partial charge in [-0.1, -0.05) is 6.07 Å². The van der Waals surface area contributed by atoms with Gasteiger partial charge in [-0.2, -0.15) is 0 Å². The highest BCUT2D eigenvalue weighted by Crippen LogP contribution is 2.16. The van der Waals surface area contributed by atoms with E-state index in [1.54, 1.807) is 0 Å². The van der Waals surface area contributed by atoms with Gasteiger partial charge in [0.15, 0.2) is 5.11 Å². The molecule has 94 valence electrons. The highest BCUT2D eigenvalue weighted by Gasteiger charge is 2.19. The molecule has 2 heterocycles. The highest BCUT2D eigenvalue weighted by atomic mass is 32.1. The van der Waals surface area contributed by atoms with Crippen LogP contribution in [0.25, 0.3) is 0 Å². The van der Waals surface area contributed by atoms with Crippen molar-refractivity contribution < 1.29 is 0 Å². The van der Waals surface area contributed by atoms with Crippen LogP contribution in [0.5, 0.6) is 0 Å². The molecule has 1 saturated heterocycles. The second kappa shape index (κ2) is 6.33. The maximum absolute atomic E-state index is 5.12. The van der Waals surface area contributed by atoms with Gasteiger partial charge in [-0.3, -0.25) is 4.90 Å². The van der Waals surface area contributed by atoms with Crippen molar-refractivity contribution in [2.24, 2.45) is 0 Å². The molecule has 0 bridgehead atoms. The predicted octanol–water partition coefficient (Wildman–Crippen LogP) is 1.81. The summed E-state index contributed by atoms with van der Waals surface area (Å²) in [6, 6.07) is 4.87. The van der Waals surface area contributed by atoms with Crippen molar-refractivity contribution >= 4 is 28.7 Å². The van der Waals surface area contributed by atoms with Crippen LogP contribution in [0.15, 0.2) is 17.5 Å². The molecule has 2 rings (SSSR count). The standard InChI is InChI=1S/C12H19N3S2/c1-13-12(16)14-10-4-6-15(7-5-10)9-11-3-2-8-17-11/h2-3,8,10H,4-7,9H2,1H3,(H2,13,14,16). The maximum atomic E-state index is 5.12. The summed E-state index contributed by atoms with van der Waals surface area (Å²) >= 11 is 6.97. The zero-order chi connectivity index (χ0) is 12.1. The first-order valence-corrected chi connectivity index (χ1v) is 7.29. The fourth-order valence-electron chi connectivity index (χ4n) is 2.12. The Bertz CT molecular complexity index is 343. The average molecular weight is 269 g/mol. The number of hydrogen-bond donors (Lipinski definition) is 2. The molecule has 17 heavy (non-hydrogen) atoms. The van der Waals surface area contributed by atoms with Crippen molar-refractivity contribution in [3.05, 3.63) is 22.4 Å². The first-order chi connectivity index (χ1) is 8.28. The van der Waals surface area contributed by atoms with E-state index in [4.69, 9.17) is 12.2 Å². The van der Waals surface area contributed by atoms with E-state index in [1.807, 2.05) is 18.4 Å². The number of likely N-dealkylation sites (tertiary alicyclic amines) is 1. The molecule has 0 amide bonds. The zero-order valence-corrected chi connectivity index (χ0v) is 11.7. The van der Waals surface area contributed by atoms with Crippen molar-refractivity contribution in [1.29, 1.82) is 0 Å². The molecule has 0 radical (unpaired) electrons. The molecule has 0 spiro atoms. The summed E-state index contributed by atoms with van der Waals surface area (Å²) in [7, 11) is 1.86. The Labute approximate surface area is 112 Å². The lowest BCUT2D eigenvalue weighted by Crippen LogP contribution is -2.46. The SMILES string of the molecule is CNC(=S)NC1CCN(Cc2cccs2)CC1. The minimum atomic E-state index is 0.537. The quantitative estimate of drug-likeness (QED) is 0.819. The van der Waals surface area contributed by atoms with Gasteiger partial charge < -0.3 is 10.6 Å². The Morgan fingerprint density at radius 1 is 1.53 bits per heavy atom. The molecule has 0 aliphatic carbocycles. The molecule has 1 aromatic heterocycles. The number of piperidine rings is 1. The van der Waals surface area contributed by atoms with Crippen LogP contribution in [-0.2, 0) is 6.54 Å². The van der Waals surface area contributed by atoms with Crippen molar-refractivity contribution in [1.82, 2.24) is 15.5 Å². The minimum Gasteiger partial charge on any atom is -0.366 e. The summed E-state index contributed by atoms with van der Waals surface area (Å²) in [5.41, 5.74) is 0. The van der Waals surface area contributed by atoms with Crippen molar-refractivity contribution in [2.45, 2.75) is 25.4 Å². The summed E-state index contributed by atoms with van der Waals surface area (Å²) in [6.45, 7) is 3.41. The number of rotatable bonds is 3. The van der Waals surface area contributed by atoms with Crippen molar-refractivity contribution in [3.8, 4) is 0 Å². The van der Waals surface area contributed by atoms with Gasteiger partial charge in [-0.25, -0.2) is 0 Å². The number of thiocarbonyl (C=S) groups is 1. The number of hydrogen-bond acceptors (Lipinski definition) is 3. The highest BCUT2D eigenvalue weighted by molar-refractivity contribution is 7.80. The van der Waals surface area contributed by atoms with E-state index < -0.39 is 0 Å². The maximum Gasteiger partial charge on any atom is 0.166 e. The molecular formula is C12H19N3S2. The fourth-order valence-corrected chi connectivity index (χ4v) is 3.03. The van der Waals surface area contributed by atoms with Gasteiger partial charge in [0, 0.05) is 37.6 Å². The minimum absolute atomic E-state index is 0.537. The Morgan fingerprint density at radius 2 is 2.29 bits per heavy atom. The van der Waals surface area contributed by atoms with Crippen LogP contribution in [0.3, 0.4) is 0 Å². The zero-order valence-electron chi connectivity index (χ0n) is 10.1. The van der Waals surface area contributed by atoms with Crippen LogP contribution in [0.2, 0.25) is 0 Å². The largest absolute Gasteiger partial charge is 0.366 e. The van der Waals surface area contributed by atoms with E-state index >= 15 is 0 Å². The second-order valence-corrected chi connectivity index (χ2v) is 5.79. The first kappa shape index (κ1) is 12.8. The average Bonchev–Trinajstić information content (AvgIpc) is 2.84. The van der Waals surface area contributed by atoms with Crippen LogP contribution in [0.1, 0.15) is 17.7 Å². The van der Waals surface area contributed by atoms with Gasteiger partial charge in [0.2, 0.25) is 0 Å². The topological polar surface area (TPSA) is 27.3 Å². The van der Waals surface area contributed by atoms with E-state index in [9.17, 15) is 0 Å². The van der Waals surface area contributed by atoms with E-state index in [0.29, 0.717) is 6.04 Å². The summed E-state index contributed by atoms with van der Waals surface area (Å²) in [6.07, 6.45) is 2.35. The molecule has 1 aliphatic rings. The lowest BCUT2D eigenvalue weighted by atomic mass is 10.1. The van der Waals surface area contributed by atoms with Crippen LogP contribution in [0.4, 0.5) is 0 Å².